The Hall–Kier alpha value is -1.95. The van der Waals surface area contributed by atoms with E-state index in [0.717, 1.165) is 25.9 Å². The molecule has 0 spiro atoms. The first-order chi connectivity index (χ1) is 10.6. The second-order valence-electron chi connectivity index (χ2n) is 5.69. The molecule has 0 unspecified atom stereocenters. The van der Waals surface area contributed by atoms with Crippen LogP contribution in [0.25, 0.3) is 0 Å². The van der Waals surface area contributed by atoms with Crippen LogP contribution in [0, 0.1) is 5.92 Å². The molecular weight excluding hydrogens is 282 g/mol. The van der Waals surface area contributed by atoms with Crippen molar-refractivity contribution < 1.29 is 14.3 Å². The first kappa shape index (κ1) is 16.4. The van der Waals surface area contributed by atoms with Crippen LogP contribution in [0.4, 0.5) is 0 Å². The number of pyridine rings is 1. The van der Waals surface area contributed by atoms with Gasteiger partial charge in [0, 0.05) is 39.1 Å². The van der Waals surface area contributed by atoms with Crippen LogP contribution in [0.15, 0.2) is 18.5 Å². The predicted octanol–water partition coefficient (Wildman–Crippen LogP) is 1.33. The molecular formula is C16H23N3O3. The molecule has 0 aliphatic carbocycles. The van der Waals surface area contributed by atoms with Crippen LogP contribution in [0.5, 0.6) is 0 Å². The van der Waals surface area contributed by atoms with E-state index in [9.17, 15) is 9.59 Å². The summed E-state index contributed by atoms with van der Waals surface area (Å²) in [7, 11) is 1.58. The summed E-state index contributed by atoms with van der Waals surface area (Å²) in [4.78, 5) is 30.3. The summed E-state index contributed by atoms with van der Waals surface area (Å²) < 4.78 is 4.89. The van der Waals surface area contributed by atoms with Crippen molar-refractivity contribution in [2.24, 2.45) is 5.92 Å². The van der Waals surface area contributed by atoms with E-state index in [1.54, 1.807) is 13.2 Å². The van der Waals surface area contributed by atoms with Crippen molar-refractivity contribution in [3.63, 3.8) is 0 Å². The number of amides is 2. The summed E-state index contributed by atoms with van der Waals surface area (Å²) in [6, 6.07) is 1.61. The molecule has 1 aromatic rings. The van der Waals surface area contributed by atoms with Crippen molar-refractivity contribution in [3.05, 3.63) is 29.6 Å². The molecule has 1 saturated heterocycles. The average Bonchev–Trinajstić information content (AvgIpc) is 2.55. The fourth-order valence-electron chi connectivity index (χ4n) is 2.44. The maximum absolute atomic E-state index is 12.5. The van der Waals surface area contributed by atoms with E-state index in [2.05, 4.69) is 17.2 Å². The monoisotopic (exact) mass is 305 g/mol. The molecule has 0 aromatic carbocycles. The molecule has 6 heteroatoms. The molecule has 2 rings (SSSR count). The van der Waals surface area contributed by atoms with E-state index in [4.69, 9.17) is 4.74 Å². The third kappa shape index (κ3) is 4.27. The maximum Gasteiger partial charge on any atom is 0.255 e. The topological polar surface area (TPSA) is 71.5 Å². The van der Waals surface area contributed by atoms with Gasteiger partial charge in [-0.15, -0.1) is 0 Å². The van der Waals surface area contributed by atoms with E-state index in [1.807, 2.05) is 4.90 Å². The molecule has 2 amide bonds. The highest BCUT2D eigenvalue weighted by Crippen LogP contribution is 2.18. The van der Waals surface area contributed by atoms with Crippen molar-refractivity contribution in [1.29, 1.82) is 0 Å². The van der Waals surface area contributed by atoms with Gasteiger partial charge in [0.05, 0.1) is 17.7 Å². The van der Waals surface area contributed by atoms with Gasteiger partial charge in [-0.25, -0.2) is 0 Å². The van der Waals surface area contributed by atoms with Gasteiger partial charge in [-0.1, -0.05) is 6.92 Å². The maximum atomic E-state index is 12.5. The second kappa shape index (κ2) is 7.89. The fraction of sp³-hybridized carbons (Fsp3) is 0.562. The van der Waals surface area contributed by atoms with Crippen molar-refractivity contribution in [3.8, 4) is 0 Å². The lowest BCUT2D eigenvalue weighted by Crippen LogP contribution is -2.38. The minimum Gasteiger partial charge on any atom is -0.383 e. The number of methoxy groups -OCH3 is 1. The van der Waals surface area contributed by atoms with E-state index in [1.165, 1.54) is 12.4 Å². The van der Waals surface area contributed by atoms with Gasteiger partial charge < -0.3 is 15.0 Å². The minimum absolute atomic E-state index is 0.0501. The van der Waals surface area contributed by atoms with Gasteiger partial charge in [-0.05, 0) is 24.8 Å². The Morgan fingerprint density at radius 3 is 2.68 bits per heavy atom. The highest BCUT2D eigenvalue weighted by atomic mass is 16.5. The fourth-order valence-corrected chi connectivity index (χ4v) is 2.44. The first-order valence-electron chi connectivity index (χ1n) is 7.63. The Balaban J connectivity index is 2.01. The Kier molecular flexibility index (Phi) is 5.89. The molecule has 1 N–H and O–H groups in total. The van der Waals surface area contributed by atoms with Crippen LogP contribution < -0.4 is 5.32 Å². The second-order valence-corrected chi connectivity index (χ2v) is 5.69. The van der Waals surface area contributed by atoms with Crippen LogP contribution >= 0.6 is 0 Å². The highest BCUT2D eigenvalue weighted by molar-refractivity contribution is 5.99. The third-order valence-electron chi connectivity index (χ3n) is 3.91. The number of hydrogen-bond acceptors (Lipinski definition) is 4. The van der Waals surface area contributed by atoms with Gasteiger partial charge >= 0.3 is 0 Å². The molecule has 1 aliphatic rings. The number of carbonyl (C=O) groups is 2. The molecule has 2 heterocycles. The molecule has 1 aliphatic heterocycles. The van der Waals surface area contributed by atoms with Gasteiger partial charge in [0.1, 0.15) is 0 Å². The molecule has 120 valence electrons. The van der Waals surface area contributed by atoms with Gasteiger partial charge in [0.15, 0.2) is 0 Å². The molecule has 0 radical (unpaired) electrons. The molecule has 0 saturated carbocycles. The Morgan fingerprint density at radius 1 is 1.32 bits per heavy atom. The van der Waals surface area contributed by atoms with E-state index >= 15 is 0 Å². The predicted molar refractivity (Wildman–Crippen MR) is 82.7 cm³/mol. The number of likely N-dealkylation sites (tertiary alicyclic amines) is 1. The summed E-state index contributed by atoms with van der Waals surface area (Å²) in [6.07, 6.45) is 5.04. The highest BCUT2D eigenvalue weighted by Gasteiger charge is 2.22. The SMILES string of the molecule is COCCNC(=O)c1cncc(C(=O)N2CCC(C)CC2)c1. The molecule has 1 fully saturated rings. The lowest BCUT2D eigenvalue weighted by atomic mass is 9.98. The average molecular weight is 305 g/mol. The zero-order valence-electron chi connectivity index (χ0n) is 13.2. The van der Waals surface area contributed by atoms with Crippen LogP contribution in [-0.4, -0.2) is 55.0 Å². The number of nitrogens with one attached hydrogen (secondary N) is 1. The van der Waals surface area contributed by atoms with Crippen molar-refractivity contribution >= 4 is 11.8 Å². The Bertz CT molecular complexity index is 525. The molecule has 0 bridgehead atoms. The van der Waals surface area contributed by atoms with Crippen molar-refractivity contribution in [2.75, 3.05) is 33.4 Å². The van der Waals surface area contributed by atoms with E-state index < -0.39 is 0 Å². The summed E-state index contributed by atoms with van der Waals surface area (Å²) in [5.41, 5.74) is 0.862. The van der Waals surface area contributed by atoms with E-state index in [-0.39, 0.29) is 11.8 Å². The lowest BCUT2D eigenvalue weighted by Gasteiger charge is -2.30. The number of aromatic nitrogens is 1. The van der Waals surface area contributed by atoms with Gasteiger partial charge in [-0.3, -0.25) is 14.6 Å². The van der Waals surface area contributed by atoms with Crippen LogP contribution in [0.3, 0.4) is 0 Å². The number of rotatable bonds is 5. The summed E-state index contributed by atoms with van der Waals surface area (Å²) in [5, 5.41) is 2.72. The van der Waals surface area contributed by atoms with Crippen LogP contribution in [-0.2, 0) is 4.74 Å². The van der Waals surface area contributed by atoms with Crippen molar-refractivity contribution in [1.82, 2.24) is 15.2 Å². The number of ether oxygens (including phenoxy) is 1. The Labute approximate surface area is 130 Å². The largest absolute Gasteiger partial charge is 0.383 e. The van der Waals surface area contributed by atoms with Crippen LogP contribution in [0.1, 0.15) is 40.5 Å². The normalized spacial score (nSPS) is 15.6. The number of piperidine rings is 1. The van der Waals surface area contributed by atoms with E-state index in [0.29, 0.717) is 30.2 Å². The minimum atomic E-state index is -0.244. The summed E-state index contributed by atoms with van der Waals surface area (Å²) in [5.74, 6) is 0.373. The lowest BCUT2D eigenvalue weighted by molar-refractivity contribution is 0.0697. The van der Waals surface area contributed by atoms with Crippen LogP contribution in [0.2, 0.25) is 0 Å². The number of carbonyl (C=O) groups excluding carboxylic acids is 2. The Morgan fingerprint density at radius 2 is 2.00 bits per heavy atom. The summed E-state index contributed by atoms with van der Waals surface area (Å²) >= 11 is 0. The molecule has 6 nitrogen and oxygen atoms in total. The molecule has 0 atom stereocenters. The van der Waals surface area contributed by atoms with Crippen molar-refractivity contribution in [2.45, 2.75) is 19.8 Å². The van der Waals surface area contributed by atoms with Gasteiger partial charge in [0.25, 0.3) is 11.8 Å². The van der Waals surface area contributed by atoms with Gasteiger partial charge in [0.2, 0.25) is 0 Å². The number of nitrogens with zero attached hydrogens (tertiary/aromatic N) is 2. The standard InChI is InChI=1S/C16H23N3O3/c1-12-3-6-19(7-4-12)16(21)14-9-13(10-17-11-14)15(20)18-5-8-22-2/h9-12H,3-8H2,1-2H3,(H,18,20). The quantitative estimate of drug-likeness (QED) is 0.833. The smallest absolute Gasteiger partial charge is 0.255 e. The molecule has 22 heavy (non-hydrogen) atoms. The molecule has 1 aromatic heterocycles. The zero-order chi connectivity index (χ0) is 15.9. The third-order valence-corrected chi connectivity index (χ3v) is 3.91. The zero-order valence-corrected chi connectivity index (χ0v) is 13.2. The van der Waals surface area contributed by atoms with Gasteiger partial charge in [-0.2, -0.15) is 0 Å². The summed E-state index contributed by atoms with van der Waals surface area (Å²) in [6.45, 7) is 4.62. The number of hydrogen-bond donors (Lipinski definition) is 1. The first-order valence-corrected chi connectivity index (χ1v) is 7.63.